The molecule has 0 amide bonds. The molecule has 2 N–H and O–H groups in total. The van der Waals surface area contributed by atoms with Crippen LogP contribution in [0.2, 0.25) is 0 Å². The van der Waals surface area contributed by atoms with Gasteiger partial charge in [0.2, 0.25) is 0 Å². The Morgan fingerprint density at radius 3 is 2.58 bits per heavy atom. The van der Waals surface area contributed by atoms with Crippen molar-refractivity contribution in [2.75, 3.05) is 7.11 Å². The number of benzene rings is 1. The lowest BCUT2D eigenvalue weighted by molar-refractivity contribution is 0.410. The predicted molar refractivity (Wildman–Crippen MR) is 82.5 cm³/mol. The largest absolute Gasteiger partial charge is 0.496 e. The van der Waals surface area contributed by atoms with Gasteiger partial charge in [-0.3, -0.25) is 0 Å². The zero-order chi connectivity index (χ0) is 14.0. The summed E-state index contributed by atoms with van der Waals surface area (Å²) in [6.45, 7) is 6.43. The van der Waals surface area contributed by atoms with E-state index >= 15 is 0 Å². The van der Waals surface area contributed by atoms with Gasteiger partial charge in [0.15, 0.2) is 5.17 Å². The van der Waals surface area contributed by atoms with Crippen molar-refractivity contribution in [3.63, 3.8) is 0 Å². The lowest BCUT2D eigenvalue weighted by Crippen LogP contribution is -2.19. The molecule has 1 unspecified atom stereocenters. The van der Waals surface area contributed by atoms with Crippen LogP contribution in [0.25, 0.3) is 0 Å². The molecule has 1 aromatic carbocycles. The molecular weight excluding hydrogens is 256 g/mol. The van der Waals surface area contributed by atoms with Gasteiger partial charge in [-0.1, -0.05) is 50.7 Å². The van der Waals surface area contributed by atoms with E-state index in [9.17, 15) is 0 Å². The standard InChI is InChI=1S/C15H20N2OS/c1-15(2,3)13-9-12(19-14(16)17-13)10-7-5-6-8-11(10)18-4/h5-9,12H,1-4H3,(H2,16,17). The van der Waals surface area contributed by atoms with Crippen LogP contribution in [0, 0.1) is 5.41 Å². The molecule has 1 aliphatic heterocycles. The fraction of sp³-hybridized carbons (Fsp3) is 0.400. The summed E-state index contributed by atoms with van der Waals surface area (Å²) in [6.07, 6.45) is 2.18. The lowest BCUT2D eigenvalue weighted by atomic mass is 9.91. The van der Waals surface area contributed by atoms with Gasteiger partial charge in [-0.2, -0.15) is 0 Å². The van der Waals surface area contributed by atoms with Crippen LogP contribution in [0.1, 0.15) is 31.6 Å². The van der Waals surface area contributed by atoms with E-state index in [1.54, 1.807) is 18.9 Å². The van der Waals surface area contributed by atoms with Gasteiger partial charge in [0.1, 0.15) is 5.75 Å². The molecule has 1 aromatic rings. The molecule has 19 heavy (non-hydrogen) atoms. The quantitative estimate of drug-likeness (QED) is 0.895. The van der Waals surface area contributed by atoms with E-state index in [-0.39, 0.29) is 10.7 Å². The molecule has 0 fully saturated rings. The summed E-state index contributed by atoms with van der Waals surface area (Å²) in [7, 11) is 1.69. The third-order valence-corrected chi connectivity index (χ3v) is 3.98. The number of nitrogens with zero attached hydrogens (tertiary/aromatic N) is 1. The molecule has 0 saturated carbocycles. The fourth-order valence-corrected chi connectivity index (χ4v) is 2.89. The Morgan fingerprint density at radius 2 is 1.95 bits per heavy atom. The second kappa shape index (κ2) is 5.29. The number of para-hydroxylation sites is 1. The number of amidine groups is 1. The van der Waals surface area contributed by atoms with E-state index in [2.05, 4.69) is 37.9 Å². The molecule has 1 atom stereocenters. The van der Waals surface area contributed by atoms with Gasteiger partial charge in [-0.05, 0) is 12.1 Å². The molecule has 0 saturated heterocycles. The van der Waals surface area contributed by atoms with E-state index < -0.39 is 0 Å². The highest BCUT2D eigenvalue weighted by Gasteiger charge is 2.26. The maximum Gasteiger partial charge on any atom is 0.159 e. The van der Waals surface area contributed by atoms with Crippen LogP contribution >= 0.6 is 11.8 Å². The van der Waals surface area contributed by atoms with Crippen molar-refractivity contribution < 1.29 is 4.74 Å². The van der Waals surface area contributed by atoms with Gasteiger partial charge >= 0.3 is 0 Å². The maximum absolute atomic E-state index is 5.97. The number of aliphatic imine (C=N–C) groups is 1. The van der Waals surface area contributed by atoms with Gasteiger partial charge in [-0.25, -0.2) is 4.99 Å². The minimum atomic E-state index is -0.00807. The highest BCUT2D eigenvalue weighted by Crippen LogP contribution is 2.42. The molecule has 0 radical (unpaired) electrons. The monoisotopic (exact) mass is 276 g/mol. The Hall–Kier alpha value is -1.42. The van der Waals surface area contributed by atoms with Gasteiger partial charge < -0.3 is 10.5 Å². The summed E-state index contributed by atoms with van der Waals surface area (Å²) in [5.74, 6) is 0.888. The zero-order valence-electron chi connectivity index (χ0n) is 11.8. The van der Waals surface area contributed by atoms with Crippen LogP contribution < -0.4 is 10.5 Å². The molecule has 0 aromatic heterocycles. The molecule has 102 valence electrons. The Bertz CT molecular complexity index is 529. The van der Waals surface area contributed by atoms with E-state index in [4.69, 9.17) is 10.5 Å². The number of hydrogen-bond donors (Lipinski definition) is 1. The fourth-order valence-electron chi connectivity index (χ4n) is 1.96. The highest BCUT2D eigenvalue weighted by atomic mass is 32.2. The van der Waals surface area contributed by atoms with Crippen LogP contribution in [-0.4, -0.2) is 12.3 Å². The summed E-state index contributed by atoms with van der Waals surface area (Å²) in [6, 6.07) is 8.04. The summed E-state index contributed by atoms with van der Waals surface area (Å²) >= 11 is 1.56. The smallest absolute Gasteiger partial charge is 0.159 e. The van der Waals surface area contributed by atoms with Crippen molar-refractivity contribution in [3.8, 4) is 5.75 Å². The van der Waals surface area contributed by atoms with Crippen molar-refractivity contribution >= 4 is 16.9 Å². The lowest BCUT2D eigenvalue weighted by Gasteiger charge is -2.26. The number of rotatable bonds is 2. The van der Waals surface area contributed by atoms with Crippen molar-refractivity contribution in [2.45, 2.75) is 26.0 Å². The Morgan fingerprint density at radius 1 is 1.26 bits per heavy atom. The minimum absolute atomic E-state index is 0.00807. The first-order chi connectivity index (χ1) is 8.91. The minimum Gasteiger partial charge on any atom is -0.496 e. The van der Waals surface area contributed by atoms with Crippen LogP contribution in [0.4, 0.5) is 0 Å². The van der Waals surface area contributed by atoms with Crippen molar-refractivity contribution in [1.29, 1.82) is 0 Å². The third kappa shape index (κ3) is 3.13. The van der Waals surface area contributed by atoms with E-state index in [0.29, 0.717) is 5.17 Å². The number of thioether (sulfide) groups is 1. The second-order valence-electron chi connectivity index (χ2n) is 5.53. The molecular formula is C15H20N2OS. The SMILES string of the molecule is COc1ccccc1C1C=C(C(C)(C)C)N=C(N)S1. The van der Waals surface area contributed by atoms with Crippen LogP contribution in [0.5, 0.6) is 5.75 Å². The average Bonchev–Trinajstić information content (AvgIpc) is 2.37. The molecule has 0 aliphatic carbocycles. The summed E-state index contributed by atoms with van der Waals surface area (Å²) < 4.78 is 5.43. The molecule has 3 nitrogen and oxygen atoms in total. The predicted octanol–water partition coefficient (Wildman–Crippen LogP) is 3.73. The van der Waals surface area contributed by atoms with Crippen LogP contribution in [0.3, 0.4) is 0 Å². The molecule has 4 heteroatoms. The first kappa shape index (κ1) is 14.0. The zero-order valence-corrected chi connectivity index (χ0v) is 12.6. The number of ether oxygens (including phenoxy) is 1. The normalized spacial score (nSPS) is 19.7. The topological polar surface area (TPSA) is 47.6 Å². The summed E-state index contributed by atoms with van der Waals surface area (Å²) in [5.41, 5.74) is 8.13. The summed E-state index contributed by atoms with van der Waals surface area (Å²) in [4.78, 5) is 4.46. The van der Waals surface area contributed by atoms with Gasteiger partial charge in [-0.15, -0.1) is 0 Å². The second-order valence-corrected chi connectivity index (χ2v) is 6.69. The third-order valence-electron chi connectivity index (χ3n) is 3.00. The molecule has 0 spiro atoms. The Labute approximate surface area is 118 Å². The van der Waals surface area contributed by atoms with Gasteiger partial charge in [0, 0.05) is 16.7 Å². The highest BCUT2D eigenvalue weighted by molar-refractivity contribution is 8.14. The van der Waals surface area contributed by atoms with E-state index in [1.165, 1.54) is 0 Å². The van der Waals surface area contributed by atoms with Gasteiger partial charge in [0.05, 0.1) is 12.4 Å². The Kier molecular flexibility index (Phi) is 3.90. The maximum atomic E-state index is 5.97. The number of hydrogen-bond acceptors (Lipinski definition) is 4. The number of nitrogens with two attached hydrogens (primary N) is 1. The van der Waals surface area contributed by atoms with E-state index in [0.717, 1.165) is 17.0 Å². The molecule has 1 heterocycles. The van der Waals surface area contributed by atoms with Crippen molar-refractivity contribution in [3.05, 3.63) is 41.6 Å². The first-order valence-corrected chi connectivity index (χ1v) is 7.16. The van der Waals surface area contributed by atoms with Crippen molar-refractivity contribution in [2.24, 2.45) is 16.1 Å². The number of allylic oxidation sites excluding steroid dienone is 1. The first-order valence-electron chi connectivity index (χ1n) is 6.28. The van der Waals surface area contributed by atoms with Gasteiger partial charge in [0.25, 0.3) is 0 Å². The molecule has 1 aliphatic rings. The molecule has 2 rings (SSSR count). The van der Waals surface area contributed by atoms with Crippen molar-refractivity contribution in [1.82, 2.24) is 0 Å². The van der Waals surface area contributed by atoms with Crippen LogP contribution in [0.15, 0.2) is 41.0 Å². The Balaban J connectivity index is 2.41. The number of methoxy groups -OCH3 is 1. The van der Waals surface area contributed by atoms with Crippen LogP contribution in [-0.2, 0) is 0 Å². The average molecular weight is 276 g/mol. The summed E-state index contributed by atoms with van der Waals surface area (Å²) in [5, 5.41) is 0.770. The van der Waals surface area contributed by atoms with E-state index in [1.807, 2.05) is 18.2 Å². The molecule has 0 bridgehead atoms.